The SMILES string of the molecule is CCCCC/C=C\C=C/CCCCCCCCC(=O)NC(CO)C(O)/C=C/CC/C=C/CCCCCCCCCCCCCCCCCCCC. The summed E-state index contributed by atoms with van der Waals surface area (Å²) in [6.45, 7) is 4.27. The van der Waals surface area contributed by atoms with Gasteiger partial charge in [0.25, 0.3) is 0 Å². The van der Waals surface area contributed by atoms with Crippen molar-refractivity contribution in [3.8, 4) is 0 Å². The van der Waals surface area contributed by atoms with Crippen molar-refractivity contribution in [1.82, 2.24) is 5.32 Å². The molecule has 0 saturated heterocycles. The van der Waals surface area contributed by atoms with Crippen LogP contribution in [0.25, 0.3) is 0 Å². The van der Waals surface area contributed by atoms with Crippen LogP contribution < -0.4 is 5.32 Å². The summed E-state index contributed by atoms with van der Waals surface area (Å²) >= 11 is 0. The summed E-state index contributed by atoms with van der Waals surface area (Å²) in [5.74, 6) is -0.0862. The van der Waals surface area contributed by atoms with Crippen molar-refractivity contribution < 1.29 is 15.0 Å². The van der Waals surface area contributed by atoms with Crippen molar-refractivity contribution in [3.63, 3.8) is 0 Å². The van der Waals surface area contributed by atoms with Gasteiger partial charge in [0, 0.05) is 6.42 Å². The van der Waals surface area contributed by atoms with Crippen molar-refractivity contribution in [2.75, 3.05) is 6.61 Å². The van der Waals surface area contributed by atoms with E-state index < -0.39 is 12.1 Å². The van der Waals surface area contributed by atoms with Gasteiger partial charge in [0.15, 0.2) is 0 Å². The standard InChI is InChI=1S/C47H87NO3/c1-3-5-7-9-11-13-15-17-19-20-21-22-23-24-25-26-27-29-30-32-34-36-38-40-42-46(50)45(44-49)48-47(51)43-41-39-37-35-33-31-28-18-16-14-12-10-8-6-4-2/h12,14,16,18,32,34,40,42,45-46,49-50H,3-11,13,15,17,19-31,33,35-39,41,43-44H2,1-2H3,(H,48,51)/b14-12-,18-16-,34-32+,42-40+. The first-order valence-electron chi connectivity index (χ1n) is 22.4. The molecule has 0 aliphatic rings. The molecule has 1 amide bonds. The molecule has 0 bridgehead atoms. The van der Waals surface area contributed by atoms with Crippen molar-refractivity contribution >= 4 is 5.91 Å². The zero-order valence-corrected chi connectivity index (χ0v) is 34.1. The number of carbonyl (C=O) groups excluding carboxylic acids is 1. The maximum atomic E-state index is 12.4. The van der Waals surface area contributed by atoms with Crippen LogP contribution in [0.3, 0.4) is 0 Å². The van der Waals surface area contributed by atoms with Gasteiger partial charge in [-0.1, -0.05) is 210 Å². The Morgan fingerprint density at radius 3 is 1.29 bits per heavy atom. The number of aliphatic hydroxyl groups excluding tert-OH is 2. The number of hydrogen-bond acceptors (Lipinski definition) is 3. The molecule has 0 rings (SSSR count). The zero-order chi connectivity index (χ0) is 37.1. The van der Waals surface area contributed by atoms with Crippen molar-refractivity contribution in [2.45, 2.75) is 238 Å². The highest BCUT2D eigenvalue weighted by molar-refractivity contribution is 5.76. The Bertz CT molecular complexity index is 816. The highest BCUT2D eigenvalue weighted by Crippen LogP contribution is 2.15. The Morgan fingerprint density at radius 2 is 0.824 bits per heavy atom. The Balaban J connectivity index is 3.60. The second-order valence-electron chi connectivity index (χ2n) is 15.1. The first kappa shape index (κ1) is 49.4. The Morgan fingerprint density at radius 1 is 0.471 bits per heavy atom. The van der Waals surface area contributed by atoms with Gasteiger partial charge in [-0.3, -0.25) is 4.79 Å². The Kier molecular flexibility index (Phi) is 41.4. The monoisotopic (exact) mass is 714 g/mol. The number of carbonyl (C=O) groups is 1. The van der Waals surface area contributed by atoms with Crippen molar-refractivity contribution in [2.24, 2.45) is 0 Å². The highest BCUT2D eigenvalue weighted by atomic mass is 16.3. The van der Waals surface area contributed by atoms with Gasteiger partial charge in [-0.15, -0.1) is 0 Å². The van der Waals surface area contributed by atoms with E-state index in [0.29, 0.717) is 6.42 Å². The van der Waals surface area contributed by atoms with Crippen LogP contribution in [0.4, 0.5) is 0 Å². The van der Waals surface area contributed by atoms with Crippen molar-refractivity contribution in [1.29, 1.82) is 0 Å². The molecule has 0 aromatic rings. The predicted molar refractivity (Wildman–Crippen MR) is 225 cm³/mol. The van der Waals surface area contributed by atoms with E-state index in [1.54, 1.807) is 6.08 Å². The fraction of sp³-hybridized carbons (Fsp3) is 0.809. The molecule has 0 heterocycles. The van der Waals surface area contributed by atoms with E-state index in [1.807, 2.05) is 6.08 Å². The van der Waals surface area contributed by atoms with Crippen LogP contribution in [0, 0.1) is 0 Å². The number of aliphatic hydroxyl groups is 2. The molecule has 0 aliphatic heterocycles. The fourth-order valence-electron chi connectivity index (χ4n) is 6.60. The van der Waals surface area contributed by atoms with Crippen LogP contribution in [-0.2, 0) is 4.79 Å². The summed E-state index contributed by atoms with van der Waals surface area (Å²) in [5.41, 5.74) is 0. The molecule has 0 radical (unpaired) electrons. The molecule has 0 aromatic carbocycles. The van der Waals surface area contributed by atoms with Crippen LogP contribution >= 0.6 is 0 Å². The maximum Gasteiger partial charge on any atom is 0.220 e. The van der Waals surface area contributed by atoms with E-state index in [9.17, 15) is 15.0 Å². The molecule has 2 unspecified atom stereocenters. The highest BCUT2D eigenvalue weighted by Gasteiger charge is 2.17. The zero-order valence-electron chi connectivity index (χ0n) is 34.1. The molecule has 3 N–H and O–H groups in total. The minimum absolute atomic E-state index is 0.0862. The summed E-state index contributed by atoms with van der Waals surface area (Å²) in [7, 11) is 0. The van der Waals surface area contributed by atoms with E-state index in [2.05, 4.69) is 55.6 Å². The maximum absolute atomic E-state index is 12.4. The molecule has 0 fully saturated rings. The van der Waals surface area contributed by atoms with E-state index >= 15 is 0 Å². The fourth-order valence-corrected chi connectivity index (χ4v) is 6.60. The number of nitrogens with one attached hydrogen (secondary N) is 1. The molecule has 4 nitrogen and oxygen atoms in total. The number of amides is 1. The van der Waals surface area contributed by atoms with Gasteiger partial charge >= 0.3 is 0 Å². The van der Waals surface area contributed by atoms with Crippen molar-refractivity contribution in [3.05, 3.63) is 48.6 Å². The van der Waals surface area contributed by atoms with Crippen LogP contribution in [0.15, 0.2) is 48.6 Å². The largest absolute Gasteiger partial charge is 0.394 e. The van der Waals surface area contributed by atoms with E-state index in [0.717, 1.165) is 44.9 Å². The summed E-state index contributed by atoms with van der Waals surface area (Å²) in [6, 6.07) is -0.645. The van der Waals surface area contributed by atoms with Crippen LogP contribution in [0.1, 0.15) is 226 Å². The molecule has 0 saturated carbocycles. The smallest absolute Gasteiger partial charge is 0.220 e. The van der Waals surface area contributed by atoms with E-state index in [1.165, 1.54) is 161 Å². The number of allylic oxidation sites excluding steroid dienone is 7. The third kappa shape index (κ3) is 39.4. The number of unbranched alkanes of at least 4 members (excludes halogenated alkanes) is 28. The third-order valence-electron chi connectivity index (χ3n) is 10.1. The lowest BCUT2D eigenvalue weighted by Gasteiger charge is -2.19. The van der Waals surface area contributed by atoms with Crippen LogP contribution in [-0.4, -0.2) is 34.9 Å². The van der Waals surface area contributed by atoms with Gasteiger partial charge in [0.05, 0.1) is 18.8 Å². The molecule has 298 valence electrons. The van der Waals surface area contributed by atoms with E-state index in [-0.39, 0.29) is 12.5 Å². The first-order valence-corrected chi connectivity index (χ1v) is 22.4. The molecular weight excluding hydrogens is 627 g/mol. The van der Waals surface area contributed by atoms with Gasteiger partial charge in [0.2, 0.25) is 5.91 Å². The van der Waals surface area contributed by atoms with Gasteiger partial charge < -0.3 is 15.5 Å². The molecule has 0 spiro atoms. The van der Waals surface area contributed by atoms with Gasteiger partial charge in [-0.05, 0) is 57.8 Å². The van der Waals surface area contributed by atoms with Crippen LogP contribution in [0.2, 0.25) is 0 Å². The molecule has 2 atom stereocenters. The third-order valence-corrected chi connectivity index (χ3v) is 10.1. The lowest BCUT2D eigenvalue weighted by atomic mass is 10.0. The molecule has 4 heteroatoms. The normalized spacial score (nSPS) is 13.4. The quantitative estimate of drug-likeness (QED) is 0.0336. The lowest BCUT2D eigenvalue weighted by Crippen LogP contribution is -2.45. The minimum atomic E-state index is -0.867. The van der Waals surface area contributed by atoms with Crippen LogP contribution in [0.5, 0.6) is 0 Å². The van der Waals surface area contributed by atoms with E-state index in [4.69, 9.17) is 0 Å². The summed E-state index contributed by atoms with van der Waals surface area (Å²) < 4.78 is 0. The second-order valence-corrected chi connectivity index (χ2v) is 15.1. The Labute approximate surface area is 318 Å². The number of hydrogen-bond donors (Lipinski definition) is 3. The molecule has 0 aliphatic carbocycles. The molecular formula is C47H87NO3. The summed E-state index contributed by atoms with van der Waals surface area (Å²) in [4.78, 5) is 12.4. The topological polar surface area (TPSA) is 69.6 Å². The molecule has 0 aromatic heterocycles. The summed E-state index contributed by atoms with van der Waals surface area (Å²) in [5, 5.41) is 23.0. The second kappa shape index (κ2) is 42.8. The van der Waals surface area contributed by atoms with Gasteiger partial charge in [-0.25, -0.2) is 0 Å². The minimum Gasteiger partial charge on any atom is -0.394 e. The predicted octanol–water partition coefficient (Wildman–Crippen LogP) is 14.0. The number of rotatable bonds is 40. The lowest BCUT2D eigenvalue weighted by molar-refractivity contribution is -0.123. The summed E-state index contributed by atoms with van der Waals surface area (Å²) in [6.07, 6.45) is 58.0. The molecule has 51 heavy (non-hydrogen) atoms. The van der Waals surface area contributed by atoms with Gasteiger partial charge in [0.1, 0.15) is 0 Å². The average molecular weight is 714 g/mol. The first-order chi connectivity index (χ1) is 25.2. The average Bonchev–Trinajstić information content (AvgIpc) is 3.13. The van der Waals surface area contributed by atoms with Gasteiger partial charge in [-0.2, -0.15) is 0 Å². The Hall–Kier alpha value is -1.65.